The molecule has 3 rings (SSSR count). The number of benzene rings is 1. The topological polar surface area (TPSA) is 36.6 Å². The van der Waals surface area contributed by atoms with E-state index in [1.54, 1.807) is 12.3 Å². The summed E-state index contributed by atoms with van der Waals surface area (Å²) in [7, 11) is 0. The number of nitrogens with zero attached hydrogens (tertiary/aromatic N) is 1. The van der Waals surface area contributed by atoms with E-state index >= 15 is 0 Å². The van der Waals surface area contributed by atoms with Gasteiger partial charge in [0.25, 0.3) is 0 Å². The SMILES string of the molecule is C[C@@H]1CN(Cc2ccoc2)CC[C@]1(C)c1cccc(O)c1. The Labute approximate surface area is 126 Å². The molecular weight excluding hydrogens is 262 g/mol. The predicted octanol–water partition coefficient (Wildman–Crippen LogP) is 3.78. The lowest BCUT2D eigenvalue weighted by molar-refractivity contribution is 0.105. The first-order valence-corrected chi connectivity index (χ1v) is 7.61. The van der Waals surface area contributed by atoms with Crippen LogP contribution in [0, 0.1) is 5.92 Å². The summed E-state index contributed by atoms with van der Waals surface area (Å²) in [6.07, 6.45) is 4.67. The van der Waals surface area contributed by atoms with Crippen LogP contribution < -0.4 is 0 Å². The van der Waals surface area contributed by atoms with Crippen LogP contribution in [0.2, 0.25) is 0 Å². The van der Waals surface area contributed by atoms with Gasteiger partial charge in [-0.05, 0) is 48.1 Å². The van der Waals surface area contributed by atoms with Crippen LogP contribution in [-0.2, 0) is 12.0 Å². The van der Waals surface area contributed by atoms with Gasteiger partial charge in [0.1, 0.15) is 5.75 Å². The molecule has 1 saturated heterocycles. The zero-order valence-electron chi connectivity index (χ0n) is 12.7. The van der Waals surface area contributed by atoms with E-state index in [2.05, 4.69) is 24.8 Å². The van der Waals surface area contributed by atoms with Crippen LogP contribution in [-0.4, -0.2) is 23.1 Å². The van der Waals surface area contributed by atoms with Crippen molar-refractivity contribution < 1.29 is 9.52 Å². The molecule has 1 N–H and O–H groups in total. The number of phenolic OH excluding ortho intramolecular Hbond substituents is 1. The minimum absolute atomic E-state index is 0.131. The van der Waals surface area contributed by atoms with Gasteiger partial charge in [0.15, 0.2) is 0 Å². The molecule has 1 fully saturated rings. The van der Waals surface area contributed by atoms with E-state index in [1.807, 2.05) is 24.5 Å². The maximum atomic E-state index is 9.75. The van der Waals surface area contributed by atoms with Crippen LogP contribution in [0.15, 0.2) is 47.3 Å². The van der Waals surface area contributed by atoms with Crippen LogP contribution in [0.1, 0.15) is 31.4 Å². The van der Waals surface area contributed by atoms with Gasteiger partial charge < -0.3 is 9.52 Å². The molecule has 0 amide bonds. The highest BCUT2D eigenvalue weighted by Gasteiger charge is 2.38. The van der Waals surface area contributed by atoms with Crippen molar-refractivity contribution in [3.8, 4) is 5.75 Å². The number of furan rings is 1. The largest absolute Gasteiger partial charge is 0.508 e. The summed E-state index contributed by atoms with van der Waals surface area (Å²) in [6.45, 7) is 7.73. The summed E-state index contributed by atoms with van der Waals surface area (Å²) in [5.74, 6) is 0.904. The van der Waals surface area contributed by atoms with Gasteiger partial charge in [-0.1, -0.05) is 26.0 Å². The van der Waals surface area contributed by atoms with Gasteiger partial charge in [-0.15, -0.1) is 0 Å². The fraction of sp³-hybridized carbons (Fsp3) is 0.444. The van der Waals surface area contributed by atoms with Crippen molar-refractivity contribution in [1.29, 1.82) is 0 Å². The number of hydrogen-bond acceptors (Lipinski definition) is 3. The maximum absolute atomic E-state index is 9.75. The lowest BCUT2D eigenvalue weighted by Crippen LogP contribution is -2.46. The van der Waals surface area contributed by atoms with Crippen LogP contribution in [0.25, 0.3) is 0 Å². The van der Waals surface area contributed by atoms with E-state index in [1.165, 1.54) is 11.1 Å². The molecule has 1 aromatic carbocycles. The Kier molecular flexibility index (Phi) is 3.77. The summed E-state index contributed by atoms with van der Waals surface area (Å²) in [5.41, 5.74) is 2.62. The molecule has 0 unspecified atom stereocenters. The van der Waals surface area contributed by atoms with Crippen LogP contribution in [0.5, 0.6) is 5.75 Å². The van der Waals surface area contributed by atoms with Gasteiger partial charge in [-0.3, -0.25) is 4.90 Å². The molecule has 0 aliphatic carbocycles. The molecule has 1 aliphatic rings. The Morgan fingerprint density at radius 2 is 2.24 bits per heavy atom. The summed E-state index contributed by atoms with van der Waals surface area (Å²) < 4.78 is 5.15. The van der Waals surface area contributed by atoms with Crippen LogP contribution in [0.4, 0.5) is 0 Å². The van der Waals surface area contributed by atoms with Crippen molar-refractivity contribution in [2.75, 3.05) is 13.1 Å². The molecule has 2 heterocycles. The van der Waals surface area contributed by atoms with E-state index < -0.39 is 0 Å². The second-order valence-corrected chi connectivity index (χ2v) is 6.49. The minimum Gasteiger partial charge on any atom is -0.508 e. The molecule has 0 bridgehead atoms. The fourth-order valence-corrected chi connectivity index (χ4v) is 3.39. The summed E-state index contributed by atoms with van der Waals surface area (Å²) in [6, 6.07) is 9.78. The lowest BCUT2D eigenvalue weighted by Gasteiger charge is -2.45. The molecule has 1 aliphatic heterocycles. The molecular formula is C18H23NO2. The fourth-order valence-electron chi connectivity index (χ4n) is 3.39. The van der Waals surface area contributed by atoms with Gasteiger partial charge in [-0.2, -0.15) is 0 Å². The third-order valence-electron chi connectivity index (χ3n) is 5.06. The van der Waals surface area contributed by atoms with E-state index in [-0.39, 0.29) is 5.41 Å². The monoisotopic (exact) mass is 285 g/mol. The van der Waals surface area contributed by atoms with Crippen molar-refractivity contribution in [3.05, 3.63) is 54.0 Å². The summed E-state index contributed by atoms with van der Waals surface area (Å²) in [5, 5.41) is 9.75. The third-order valence-corrected chi connectivity index (χ3v) is 5.06. The molecule has 112 valence electrons. The predicted molar refractivity (Wildman–Crippen MR) is 83.2 cm³/mol. The average molecular weight is 285 g/mol. The number of likely N-dealkylation sites (tertiary alicyclic amines) is 1. The van der Waals surface area contributed by atoms with E-state index in [0.29, 0.717) is 11.7 Å². The molecule has 1 aromatic heterocycles. The van der Waals surface area contributed by atoms with E-state index in [0.717, 1.165) is 26.1 Å². The van der Waals surface area contributed by atoms with Crippen molar-refractivity contribution in [1.82, 2.24) is 4.90 Å². The first-order chi connectivity index (χ1) is 10.1. The van der Waals surface area contributed by atoms with E-state index in [4.69, 9.17) is 4.42 Å². The third kappa shape index (κ3) is 2.84. The Balaban J connectivity index is 1.73. The van der Waals surface area contributed by atoms with Crippen molar-refractivity contribution >= 4 is 0 Å². The zero-order chi connectivity index (χ0) is 14.9. The van der Waals surface area contributed by atoms with E-state index in [9.17, 15) is 5.11 Å². The molecule has 0 saturated carbocycles. The number of piperidine rings is 1. The number of hydrogen-bond donors (Lipinski definition) is 1. The van der Waals surface area contributed by atoms with Crippen LogP contribution in [0.3, 0.4) is 0 Å². The normalized spacial score (nSPS) is 26.9. The van der Waals surface area contributed by atoms with Gasteiger partial charge in [-0.25, -0.2) is 0 Å². The standard InChI is InChI=1S/C18H23NO2/c1-14-11-19(12-15-6-9-21-13-15)8-7-18(14,2)16-4-3-5-17(20)10-16/h3-6,9-10,13-14,20H,7-8,11-12H2,1-2H3/t14-,18+/m1/s1. The second kappa shape index (κ2) is 5.57. The summed E-state index contributed by atoms with van der Waals surface area (Å²) in [4.78, 5) is 2.49. The average Bonchev–Trinajstić information content (AvgIpc) is 2.96. The Hall–Kier alpha value is -1.74. The van der Waals surface area contributed by atoms with Gasteiger partial charge in [0, 0.05) is 18.7 Å². The Morgan fingerprint density at radius 3 is 2.90 bits per heavy atom. The molecule has 2 aromatic rings. The Bertz CT molecular complexity index is 593. The maximum Gasteiger partial charge on any atom is 0.115 e. The zero-order valence-corrected chi connectivity index (χ0v) is 12.7. The van der Waals surface area contributed by atoms with Crippen molar-refractivity contribution in [2.24, 2.45) is 5.92 Å². The highest BCUT2D eigenvalue weighted by atomic mass is 16.3. The smallest absolute Gasteiger partial charge is 0.115 e. The highest BCUT2D eigenvalue weighted by molar-refractivity contribution is 5.33. The molecule has 0 radical (unpaired) electrons. The molecule has 21 heavy (non-hydrogen) atoms. The first kappa shape index (κ1) is 14.2. The quantitative estimate of drug-likeness (QED) is 0.932. The molecule has 0 spiro atoms. The molecule has 2 atom stereocenters. The first-order valence-electron chi connectivity index (χ1n) is 7.61. The van der Waals surface area contributed by atoms with Crippen molar-refractivity contribution in [2.45, 2.75) is 32.2 Å². The van der Waals surface area contributed by atoms with Crippen molar-refractivity contribution in [3.63, 3.8) is 0 Å². The van der Waals surface area contributed by atoms with Crippen LogP contribution >= 0.6 is 0 Å². The van der Waals surface area contributed by atoms with Gasteiger partial charge in [0.2, 0.25) is 0 Å². The Morgan fingerprint density at radius 1 is 1.38 bits per heavy atom. The van der Waals surface area contributed by atoms with Gasteiger partial charge >= 0.3 is 0 Å². The number of aromatic hydroxyl groups is 1. The number of phenols is 1. The number of rotatable bonds is 3. The minimum atomic E-state index is 0.131. The lowest BCUT2D eigenvalue weighted by atomic mass is 9.68. The van der Waals surface area contributed by atoms with Gasteiger partial charge in [0.05, 0.1) is 12.5 Å². The second-order valence-electron chi connectivity index (χ2n) is 6.49. The molecule has 3 heteroatoms. The molecule has 3 nitrogen and oxygen atoms in total. The summed E-state index contributed by atoms with van der Waals surface area (Å²) >= 11 is 0. The highest BCUT2D eigenvalue weighted by Crippen LogP contribution is 2.40.